The minimum Gasteiger partial charge on any atom is -0.237 e. The quantitative estimate of drug-likeness (QED) is 0.595. The predicted molar refractivity (Wildman–Crippen MR) is 96.5 cm³/mol. The molecule has 0 aliphatic rings. The van der Waals surface area contributed by atoms with Crippen molar-refractivity contribution in [2.45, 2.75) is 26.3 Å². The molecule has 3 rings (SSSR count). The molecule has 0 saturated heterocycles. The summed E-state index contributed by atoms with van der Waals surface area (Å²) >= 11 is 0. The summed E-state index contributed by atoms with van der Waals surface area (Å²) in [4.78, 5) is 0. The van der Waals surface area contributed by atoms with Gasteiger partial charge in [0, 0.05) is 0 Å². The van der Waals surface area contributed by atoms with Crippen LogP contribution in [0.25, 0.3) is 0 Å². The van der Waals surface area contributed by atoms with Crippen molar-refractivity contribution in [3.8, 4) is 0 Å². The third-order valence-corrected chi connectivity index (χ3v) is 4.65. The van der Waals surface area contributed by atoms with Gasteiger partial charge in [-0.3, -0.25) is 0 Å². The highest BCUT2D eigenvalue weighted by Crippen LogP contribution is 2.40. The fraction of sp³-hybridized carbons (Fsp3) is 0.182. The number of nitrogens with one attached hydrogen (secondary N) is 1. The van der Waals surface area contributed by atoms with E-state index in [2.05, 4.69) is 57.2 Å². The van der Waals surface area contributed by atoms with Gasteiger partial charge in [-0.2, -0.15) is 0 Å². The van der Waals surface area contributed by atoms with Crippen LogP contribution in [0.15, 0.2) is 72.8 Å². The highest BCUT2D eigenvalue weighted by atomic mass is 14.8. The van der Waals surface area contributed by atoms with Gasteiger partial charge in [0.25, 0.3) is 0 Å². The molecule has 0 spiro atoms. The summed E-state index contributed by atoms with van der Waals surface area (Å²) in [5.41, 5.74) is 15.2. The number of hydrogen-bond donors (Lipinski definition) is 0. The fourth-order valence-electron chi connectivity index (χ4n) is 3.42. The Kier molecular flexibility index (Phi) is 4.06. The second-order valence-corrected chi connectivity index (χ2v) is 6.19. The summed E-state index contributed by atoms with van der Waals surface area (Å²) in [5.74, 6) is 0. The average molecular weight is 300 g/mol. The SMILES string of the molecule is Cc1ccccc1C([NH])(c1ccccc1C)c1ccccc1C. The van der Waals surface area contributed by atoms with Gasteiger partial charge in [-0.15, -0.1) is 0 Å². The van der Waals surface area contributed by atoms with E-state index in [-0.39, 0.29) is 0 Å². The van der Waals surface area contributed by atoms with Crippen LogP contribution in [0.2, 0.25) is 0 Å². The van der Waals surface area contributed by atoms with Crippen molar-refractivity contribution < 1.29 is 0 Å². The first-order valence-corrected chi connectivity index (χ1v) is 7.98. The van der Waals surface area contributed by atoms with Crippen molar-refractivity contribution in [3.05, 3.63) is 106 Å². The molecule has 0 bridgehead atoms. The summed E-state index contributed by atoms with van der Waals surface area (Å²) in [6.07, 6.45) is 0. The van der Waals surface area contributed by atoms with Crippen molar-refractivity contribution in [1.82, 2.24) is 5.73 Å². The van der Waals surface area contributed by atoms with Crippen molar-refractivity contribution in [3.63, 3.8) is 0 Å². The van der Waals surface area contributed by atoms with E-state index in [9.17, 15) is 5.73 Å². The van der Waals surface area contributed by atoms with Crippen molar-refractivity contribution >= 4 is 0 Å². The van der Waals surface area contributed by atoms with Crippen molar-refractivity contribution in [2.24, 2.45) is 0 Å². The number of benzene rings is 3. The molecule has 0 fully saturated rings. The molecule has 1 N–H and O–H groups in total. The summed E-state index contributed by atoms with van der Waals surface area (Å²) in [7, 11) is 0. The zero-order valence-corrected chi connectivity index (χ0v) is 13.9. The van der Waals surface area contributed by atoms with Crippen LogP contribution in [0.3, 0.4) is 0 Å². The Labute approximate surface area is 138 Å². The van der Waals surface area contributed by atoms with E-state index < -0.39 is 5.54 Å². The minimum absolute atomic E-state index is 0.901. The highest BCUT2D eigenvalue weighted by Gasteiger charge is 2.36. The zero-order chi connectivity index (χ0) is 16.4. The first-order chi connectivity index (χ1) is 11.0. The topological polar surface area (TPSA) is 23.8 Å². The summed E-state index contributed by atoms with van der Waals surface area (Å²) in [6.45, 7) is 6.28. The van der Waals surface area contributed by atoms with E-state index in [0.29, 0.717) is 0 Å². The summed E-state index contributed by atoms with van der Waals surface area (Å²) in [5, 5.41) is 0. The van der Waals surface area contributed by atoms with Gasteiger partial charge in [0.15, 0.2) is 0 Å². The van der Waals surface area contributed by atoms with Crippen LogP contribution in [0.4, 0.5) is 0 Å². The first kappa shape index (κ1) is 15.5. The normalized spacial score (nSPS) is 11.5. The Morgan fingerprint density at radius 2 is 0.783 bits per heavy atom. The molecule has 3 aromatic rings. The molecule has 0 amide bonds. The molecule has 1 heteroatoms. The number of hydrogen-bond acceptors (Lipinski definition) is 0. The maximum absolute atomic E-state index is 9.57. The third-order valence-electron chi connectivity index (χ3n) is 4.65. The summed E-state index contributed by atoms with van der Waals surface area (Å²) in [6, 6.07) is 24.7. The molecular weight excluding hydrogens is 278 g/mol. The van der Waals surface area contributed by atoms with Crippen LogP contribution in [-0.2, 0) is 5.54 Å². The largest absolute Gasteiger partial charge is 0.237 e. The van der Waals surface area contributed by atoms with Gasteiger partial charge < -0.3 is 0 Å². The molecule has 0 aliphatic heterocycles. The monoisotopic (exact) mass is 300 g/mol. The Morgan fingerprint density at radius 3 is 1.04 bits per heavy atom. The van der Waals surface area contributed by atoms with Crippen LogP contribution in [0.5, 0.6) is 0 Å². The fourth-order valence-corrected chi connectivity index (χ4v) is 3.42. The second-order valence-electron chi connectivity index (χ2n) is 6.19. The summed E-state index contributed by atoms with van der Waals surface area (Å²) < 4.78 is 0. The van der Waals surface area contributed by atoms with E-state index in [1.807, 2.05) is 36.4 Å². The zero-order valence-electron chi connectivity index (χ0n) is 13.9. The second kappa shape index (κ2) is 6.02. The maximum atomic E-state index is 9.57. The van der Waals surface area contributed by atoms with Crippen LogP contribution in [0, 0.1) is 20.8 Å². The van der Waals surface area contributed by atoms with E-state index in [4.69, 9.17) is 0 Å². The Morgan fingerprint density at radius 1 is 0.522 bits per heavy atom. The lowest BCUT2D eigenvalue weighted by molar-refractivity contribution is 0.615. The molecule has 1 radical (unpaired) electrons. The molecular formula is C22H22N. The van der Waals surface area contributed by atoms with Crippen LogP contribution in [0.1, 0.15) is 33.4 Å². The van der Waals surface area contributed by atoms with Gasteiger partial charge in [-0.1, -0.05) is 72.8 Å². The first-order valence-electron chi connectivity index (χ1n) is 7.98. The van der Waals surface area contributed by atoms with Gasteiger partial charge >= 0.3 is 0 Å². The molecule has 0 saturated carbocycles. The highest BCUT2D eigenvalue weighted by molar-refractivity contribution is 5.55. The third kappa shape index (κ3) is 2.58. The van der Waals surface area contributed by atoms with Crippen LogP contribution >= 0.6 is 0 Å². The van der Waals surface area contributed by atoms with E-state index in [1.165, 1.54) is 0 Å². The predicted octanol–water partition coefficient (Wildman–Crippen LogP) is 5.19. The molecule has 3 aromatic carbocycles. The van der Waals surface area contributed by atoms with Crippen LogP contribution in [-0.4, -0.2) is 0 Å². The Balaban J connectivity index is 2.38. The molecule has 1 nitrogen and oxygen atoms in total. The molecule has 0 atom stereocenters. The number of aryl methyl sites for hydroxylation is 3. The molecule has 0 heterocycles. The van der Waals surface area contributed by atoms with E-state index in [0.717, 1.165) is 33.4 Å². The molecule has 115 valence electrons. The van der Waals surface area contributed by atoms with E-state index >= 15 is 0 Å². The van der Waals surface area contributed by atoms with Gasteiger partial charge in [0.05, 0.1) is 0 Å². The molecule has 0 unspecified atom stereocenters. The average Bonchev–Trinajstić information content (AvgIpc) is 2.55. The van der Waals surface area contributed by atoms with Gasteiger partial charge in [-0.05, 0) is 54.2 Å². The smallest absolute Gasteiger partial charge is 0.108 e. The minimum atomic E-state index is -0.901. The van der Waals surface area contributed by atoms with E-state index in [1.54, 1.807) is 0 Å². The Hall–Kier alpha value is -2.38. The lowest BCUT2D eigenvalue weighted by Crippen LogP contribution is -2.33. The lowest BCUT2D eigenvalue weighted by atomic mass is 9.73. The van der Waals surface area contributed by atoms with Crippen molar-refractivity contribution in [2.75, 3.05) is 0 Å². The maximum Gasteiger partial charge on any atom is 0.108 e. The van der Waals surface area contributed by atoms with Gasteiger partial charge in [0.1, 0.15) is 5.54 Å². The van der Waals surface area contributed by atoms with Gasteiger partial charge in [0.2, 0.25) is 0 Å². The lowest BCUT2D eigenvalue weighted by Gasteiger charge is -2.34. The Bertz CT molecular complexity index is 722. The standard InChI is InChI=1S/C22H22N/c1-16-10-4-7-13-19(16)22(23,20-14-8-5-11-17(20)2)21-15-9-6-12-18(21)3/h4-15,23H,1-3H3. The van der Waals surface area contributed by atoms with Gasteiger partial charge in [-0.25, -0.2) is 5.73 Å². The molecule has 0 aromatic heterocycles. The number of rotatable bonds is 3. The van der Waals surface area contributed by atoms with Crippen molar-refractivity contribution in [1.29, 1.82) is 0 Å². The molecule has 0 aliphatic carbocycles. The molecule has 23 heavy (non-hydrogen) atoms. The van der Waals surface area contributed by atoms with Crippen LogP contribution < -0.4 is 5.73 Å².